The van der Waals surface area contributed by atoms with Crippen molar-refractivity contribution in [3.8, 4) is 0 Å². The normalized spacial score (nSPS) is 12.3. The van der Waals surface area contributed by atoms with E-state index >= 15 is 0 Å². The van der Waals surface area contributed by atoms with Gasteiger partial charge < -0.3 is 0 Å². The van der Waals surface area contributed by atoms with E-state index in [9.17, 15) is 13.2 Å². The predicted octanol–water partition coefficient (Wildman–Crippen LogP) is 4.69. The molecule has 0 aliphatic rings. The Kier molecular flexibility index (Phi) is 4.74. The number of benzene rings is 1. The zero-order valence-corrected chi connectivity index (χ0v) is 9.91. The van der Waals surface area contributed by atoms with Crippen molar-refractivity contribution >= 4 is 30.3 Å². The van der Waals surface area contributed by atoms with Crippen molar-refractivity contribution in [1.29, 1.82) is 0 Å². The van der Waals surface area contributed by atoms with Gasteiger partial charge in [-0.2, -0.15) is 25.8 Å². The molecule has 1 aromatic rings. The Morgan fingerprint density at radius 3 is 2.50 bits per heavy atom. The largest absolute Gasteiger partial charge is 0.417 e. The van der Waals surface area contributed by atoms with Crippen LogP contribution in [0.5, 0.6) is 0 Å². The third kappa shape index (κ3) is 3.76. The van der Waals surface area contributed by atoms with Gasteiger partial charge in [-0.15, -0.1) is 0 Å². The molecule has 0 saturated carbocycles. The van der Waals surface area contributed by atoms with Crippen LogP contribution in [0.1, 0.15) is 17.5 Å². The summed E-state index contributed by atoms with van der Waals surface area (Å²) in [5.74, 6) is 0.699. The van der Waals surface area contributed by atoms with E-state index in [0.29, 0.717) is 11.3 Å². The lowest BCUT2D eigenvalue weighted by Gasteiger charge is -2.08. The lowest BCUT2D eigenvalue weighted by molar-refractivity contribution is -0.137. The summed E-state index contributed by atoms with van der Waals surface area (Å²) >= 11 is 9.57. The van der Waals surface area contributed by atoms with Crippen molar-refractivity contribution in [2.24, 2.45) is 0 Å². The highest BCUT2D eigenvalue weighted by atomic mass is 35.5. The second-order valence-corrected chi connectivity index (χ2v) is 4.01. The van der Waals surface area contributed by atoms with E-state index in [1.54, 1.807) is 6.08 Å². The van der Waals surface area contributed by atoms with E-state index in [2.05, 4.69) is 12.6 Å². The average molecular weight is 267 g/mol. The lowest BCUT2D eigenvalue weighted by atomic mass is 10.1. The van der Waals surface area contributed by atoms with Crippen molar-refractivity contribution in [3.63, 3.8) is 0 Å². The van der Waals surface area contributed by atoms with Gasteiger partial charge in [0.25, 0.3) is 0 Å². The molecular formula is C11H10ClF3S. The summed E-state index contributed by atoms with van der Waals surface area (Å²) in [6.45, 7) is 0. The number of rotatable bonds is 3. The first kappa shape index (κ1) is 13.5. The zero-order valence-electron chi connectivity index (χ0n) is 8.26. The molecule has 1 rings (SSSR count). The molecule has 0 nitrogen and oxygen atoms in total. The predicted molar refractivity (Wildman–Crippen MR) is 64.0 cm³/mol. The van der Waals surface area contributed by atoms with Gasteiger partial charge in [-0.1, -0.05) is 29.8 Å². The summed E-state index contributed by atoms with van der Waals surface area (Å²) in [4.78, 5) is 0. The first-order valence-electron chi connectivity index (χ1n) is 4.59. The molecular weight excluding hydrogens is 257 g/mol. The summed E-state index contributed by atoms with van der Waals surface area (Å²) in [5.41, 5.74) is -0.153. The molecule has 0 saturated heterocycles. The van der Waals surface area contributed by atoms with Crippen LogP contribution in [0, 0.1) is 0 Å². The van der Waals surface area contributed by atoms with E-state index in [1.807, 2.05) is 6.08 Å². The van der Waals surface area contributed by atoms with Crippen LogP contribution < -0.4 is 0 Å². The van der Waals surface area contributed by atoms with Crippen molar-refractivity contribution in [1.82, 2.24) is 0 Å². The number of allylic oxidation sites excluding steroid dienone is 1. The number of hydrogen-bond donors (Lipinski definition) is 1. The fourth-order valence-electron chi connectivity index (χ4n) is 1.16. The van der Waals surface area contributed by atoms with Crippen LogP contribution in [-0.2, 0) is 6.18 Å². The molecule has 88 valence electrons. The molecule has 0 atom stereocenters. The molecule has 16 heavy (non-hydrogen) atoms. The third-order valence-corrected chi connectivity index (χ3v) is 2.48. The Morgan fingerprint density at radius 2 is 2.00 bits per heavy atom. The Balaban J connectivity index is 2.91. The zero-order chi connectivity index (χ0) is 12.2. The quantitative estimate of drug-likeness (QED) is 0.754. The van der Waals surface area contributed by atoms with Crippen LogP contribution in [0.4, 0.5) is 13.2 Å². The first-order chi connectivity index (χ1) is 7.45. The average Bonchev–Trinajstić information content (AvgIpc) is 2.16. The second kappa shape index (κ2) is 5.64. The molecule has 0 radical (unpaired) electrons. The first-order valence-corrected chi connectivity index (χ1v) is 5.60. The monoisotopic (exact) mass is 266 g/mol. The molecule has 0 amide bonds. The van der Waals surface area contributed by atoms with Crippen LogP contribution in [-0.4, -0.2) is 5.75 Å². The number of halogens is 4. The van der Waals surface area contributed by atoms with Gasteiger partial charge in [-0.05, 0) is 29.9 Å². The van der Waals surface area contributed by atoms with Crippen molar-refractivity contribution in [2.45, 2.75) is 12.6 Å². The highest BCUT2D eigenvalue weighted by Gasteiger charge is 2.32. The summed E-state index contributed by atoms with van der Waals surface area (Å²) in [6.07, 6.45) is -0.0691. The van der Waals surface area contributed by atoms with Crippen molar-refractivity contribution in [2.75, 3.05) is 5.75 Å². The molecule has 0 unspecified atom stereocenters. The van der Waals surface area contributed by atoms with Crippen LogP contribution in [0.25, 0.3) is 6.08 Å². The van der Waals surface area contributed by atoms with Gasteiger partial charge in [0.05, 0.1) is 10.6 Å². The SMILES string of the molecule is FC(F)(F)c1ccc(C=CCCS)cc1Cl. The molecule has 0 spiro atoms. The molecule has 0 fully saturated rings. The van der Waals surface area contributed by atoms with Gasteiger partial charge in [-0.3, -0.25) is 0 Å². The molecule has 1 aromatic carbocycles. The molecule has 0 bridgehead atoms. The molecule has 0 aromatic heterocycles. The van der Waals surface area contributed by atoms with E-state index < -0.39 is 11.7 Å². The van der Waals surface area contributed by atoms with Gasteiger partial charge in [-0.25, -0.2) is 0 Å². The maximum absolute atomic E-state index is 12.4. The van der Waals surface area contributed by atoms with Crippen molar-refractivity contribution < 1.29 is 13.2 Å². The van der Waals surface area contributed by atoms with E-state index in [0.717, 1.165) is 12.5 Å². The third-order valence-electron chi connectivity index (χ3n) is 1.90. The van der Waals surface area contributed by atoms with Crippen molar-refractivity contribution in [3.05, 3.63) is 40.4 Å². The fourth-order valence-corrected chi connectivity index (χ4v) is 1.60. The van der Waals surface area contributed by atoms with E-state index in [1.165, 1.54) is 12.1 Å². The molecule has 0 heterocycles. The van der Waals surface area contributed by atoms with Gasteiger partial charge in [0, 0.05) is 0 Å². The maximum Gasteiger partial charge on any atom is 0.417 e. The highest BCUT2D eigenvalue weighted by Crippen LogP contribution is 2.35. The van der Waals surface area contributed by atoms with Gasteiger partial charge >= 0.3 is 6.18 Å². The van der Waals surface area contributed by atoms with Crippen LogP contribution in [0.3, 0.4) is 0 Å². The minimum atomic E-state index is -4.40. The van der Waals surface area contributed by atoms with Gasteiger partial charge in [0.1, 0.15) is 0 Å². The fraction of sp³-hybridized carbons (Fsp3) is 0.273. The smallest absolute Gasteiger partial charge is 0.179 e. The minimum Gasteiger partial charge on any atom is -0.179 e. The Bertz CT molecular complexity index is 385. The van der Waals surface area contributed by atoms with Crippen LogP contribution in [0.2, 0.25) is 5.02 Å². The summed E-state index contributed by atoms with van der Waals surface area (Å²) in [6, 6.07) is 3.69. The highest BCUT2D eigenvalue weighted by molar-refractivity contribution is 7.80. The number of thiol groups is 1. The summed E-state index contributed by atoms with van der Waals surface area (Å²) in [7, 11) is 0. The molecule has 5 heteroatoms. The van der Waals surface area contributed by atoms with E-state index in [4.69, 9.17) is 11.6 Å². The van der Waals surface area contributed by atoms with Gasteiger partial charge in [0.15, 0.2) is 0 Å². The Morgan fingerprint density at radius 1 is 1.31 bits per heavy atom. The standard InChI is InChI=1S/C11H10ClF3S/c12-10-7-8(3-1-2-6-16)4-5-9(10)11(13,14)15/h1,3-5,7,16H,2,6H2. The second-order valence-electron chi connectivity index (χ2n) is 3.15. The van der Waals surface area contributed by atoms with Crippen LogP contribution in [0.15, 0.2) is 24.3 Å². The topological polar surface area (TPSA) is 0 Å². The van der Waals surface area contributed by atoms with E-state index in [-0.39, 0.29) is 5.02 Å². The summed E-state index contributed by atoms with van der Waals surface area (Å²) < 4.78 is 37.1. The minimum absolute atomic E-state index is 0.277. The summed E-state index contributed by atoms with van der Waals surface area (Å²) in [5, 5.41) is -0.277. The maximum atomic E-state index is 12.4. The number of alkyl halides is 3. The molecule has 0 N–H and O–H groups in total. The lowest BCUT2D eigenvalue weighted by Crippen LogP contribution is -2.05. The Hall–Kier alpha value is -0.610. The van der Waals surface area contributed by atoms with Crippen LogP contribution >= 0.6 is 24.2 Å². The molecule has 0 aliphatic carbocycles. The number of hydrogen-bond acceptors (Lipinski definition) is 1. The molecule has 0 aliphatic heterocycles. The Labute approximate surface area is 103 Å². The van der Waals surface area contributed by atoms with Gasteiger partial charge in [0.2, 0.25) is 0 Å².